The molecule has 0 saturated heterocycles. The van der Waals surface area contributed by atoms with Gasteiger partial charge in [-0.1, -0.05) is 64.9 Å². The third-order valence-electron chi connectivity index (χ3n) is 6.37. The summed E-state index contributed by atoms with van der Waals surface area (Å²) in [6.45, 7) is -0.0642. The van der Waals surface area contributed by atoms with Crippen LogP contribution in [-0.4, -0.2) is 30.6 Å². The number of nitriles is 1. The highest BCUT2D eigenvalue weighted by Gasteiger charge is 2.51. The number of benzene rings is 4. The van der Waals surface area contributed by atoms with E-state index in [0.29, 0.717) is 43.1 Å². The number of hydrogen-bond donors (Lipinski definition) is 3. The lowest BCUT2D eigenvalue weighted by Gasteiger charge is -2.19. The molecule has 1 heterocycles. The Balaban J connectivity index is 1.55. The number of alkyl halides is 2. The Morgan fingerprint density at radius 3 is 2.41 bits per heavy atom. The van der Waals surface area contributed by atoms with Crippen LogP contribution in [0.15, 0.2) is 89.9 Å². The summed E-state index contributed by atoms with van der Waals surface area (Å²) in [5.41, 5.74) is -4.85. The van der Waals surface area contributed by atoms with Gasteiger partial charge in [0.2, 0.25) is 4.80 Å². The van der Waals surface area contributed by atoms with Crippen molar-refractivity contribution >= 4 is 53.8 Å². The summed E-state index contributed by atoms with van der Waals surface area (Å²) in [4.78, 5) is 34.6. The molecule has 16 heteroatoms. The quantitative estimate of drug-likeness (QED) is 0.131. The van der Waals surface area contributed by atoms with Crippen LogP contribution < -0.4 is 9.54 Å². The molecular weight excluding hydrogens is 684 g/mol. The number of halogens is 4. The second-order valence-electron chi connectivity index (χ2n) is 9.60. The van der Waals surface area contributed by atoms with Crippen LogP contribution in [0.3, 0.4) is 0 Å². The van der Waals surface area contributed by atoms with Crippen molar-refractivity contribution in [3.05, 3.63) is 122 Å². The van der Waals surface area contributed by atoms with Crippen LogP contribution in [0.1, 0.15) is 27.0 Å². The van der Waals surface area contributed by atoms with Gasteiger partial charge in [0, 0.05) is 5.56 Å². The van der Waals surface area contributed by atoms with E-state index in [-0.39, 0.29) is 17.1 Å². The molecule has 5 aromatic rings. The normalized spacial score (nSPS) is 12.2. The van der Waals surface area contributed by atoms with Gasteiger partial charge in [-0.3, -0.25) is 4.57 Å². The standard InChI is InChI=1S/C30H19Cl2F2N4O6PS/c31-25-10-8-21(14-26(25)32)36-29-38(16-17-7-9-24(20(11-17)15-35)30(33,34)45(41,42)43)37-27(46-29)18-3-1-5-22(12-18)44-23-6-2-4-19(13-23)28(39)40/h1-14H,16H2,(H,39,40)(H2,41,42,43)/b36-29+. The number of nitrogens with zero attached hydrogens (tertiary/aromatic N) is 4. The van der Waals surface area contributed by atoms with Crippen molar-refractivity contribution in [3.63, 3.8) is 0 Å². The molecule has 10 nitrogen and oxygen atoms in total. The number of hydrogen-bond acceptors (Lipinski definition) is 7. The van der Waals surface area contributed by atoms with E-state index >= 15 is 0 Å². The minimum Gasteiger partial charge on any atom is -0.478 e. The third kappa shape index (κ3) is 7.18. The second kappa shape index (κ2) is 13.1. The van der Waals surface area contributed by atoms with E-state index in [1.54, 1.807) is 60.7 Å². The summed E-state index contributed by atoms with van der Waals surface area (Å²) in [7, 11) is -5.90. The minimum atomic E-state index is -5.90. The van der Waals surface area contributed by atoms with Gasteiger partial charge in [-0.05, 0) is 60.2 Å². The van der Waals surface area contributed by atoms with Crippen molar-refractivity contribution < 1.29 is 37.8 Å². The maximum atomic E-state index is 14.5. The summed E-state index contributed by atoms with van der Waals surface area (Å²) in [5, 5.41) is 24.5. The highest BCUT2D eigenvalue weighted by molar-refractivity contribution is 7.52. The monoisotopic (exact) mass is 702 g/mol. The predicted molar refractivity (Wildman–Crippen MR) is 167 cm³/mol. The van der Waals surface area contributed by atoms with Gasteiger partial charge in [-0.25, -0.2) is 14.5 Å². The van der Waals surface area contributed by atoms with Gasteiger partial charge in [-0.15, -0.1) is 0 Å². The van der Waals surface area contributed by atoms with Crippen molar-refractivity contribution in [2.75, 3.05) is 0 Å². The van der Waals surface area contributed by atoms with E-state index < -0.39 is 30.4 Å². The molecule has 0 spiro atoms. The molecule has 3 N–H and O–H groups in total. The lowest BCUT2D eigenvalue weighted by Crippen LogP contribution is -2.18. The van der Waals surface area contributed by atoms with Crippen LogP contribution in [0.25, 0.3) is 10.6 Å². The van der Waals surface area contributed by atoms with Crippen molar-refractivity contribution in [1.29, 1.82) is 5.26 Å². The van der Waals surface area contributed by atoms with Gasteiger partial charge < -0.3 is 19.6 Å². The van der Waals surface area contributed by atoms with E-state index in [9.17, 15) is 28.5 Å². The number of aromatic carboxylic acids is 1. The van der Waals surface area contributed by atoms with Crippen molar-refractivity contribution in [3.8, 4) is 28.1 Å². The molecule has 0 unspecified atom stereocenters. The first-order valence-corrected chi connectivity index (χ1v) is 16.1. The molecule has 0 bridgehead atoms. The number of carboxylic acid groups (broad SMARTS) is 1. The molecule has 0 aliphatic heterocycles. The van der Waals surface area contributed by atoms with Crippen LogP contribution in [0.4, 0.5) is 14.5 Å². The Morgan fingerprint density at radius 2 is 1.74 bits per heavy atom. The molecule has 5 rings (SSSR count). The fourth-order valence-corrected chi connectivity index (χ4v) is 5.89. The Morgan fingerprint density at radius 1 is 1.02 bits per heavy atom. The molecule has 46 heavy (non-hydrogen) atoms. The zero-order valence-corrected chi connectivity index (χ0v) is 26.2. The number of carboxylic acids is 1. The summed E-state index contributed by atoms with van der Waals surface area (Å²) >= 11 is 13.4. The van der Waals surface area contributed by atoms with Crippen LogP contribution in [0.2, 0.25) is 10.0 Å². The van der Waals surface area contributed by atoms with Crippen LogP contribution in [0, 0.1) is 11.3 Å². The van der Waals surface area contributed by atoms with Gasteiger partial charge in [0.25, 0.3) is 0 Å². The molecule has 234 valence electrons. The molecule has 0 amide bonds. The zero-order chi connectivity index (χ0) is 33.2. The minimum absolute atomic E-state index is 0.0567. The molecule has 0 radical (unpaired) electrons. The molecule has 0 fully saturated rings. The van der Waals surface area contributed by atoms with Crippen molar-refractivity contribution in [1.82, 2.24) is 9.78 Å². The highest BCUT2D eigenvalue weighted by Crippen LogP contribution is 2.59. The Bertz CT molecular complexity index is 2140. The fourth-order valence-electron chi connectivity index (χ4n) is 4.17. The van der Waals surface area contributed by atoms with Crippen LogP contribution >= 0.6 is 42.1 Å². The summed E-state index contributed by atoms with van der Waals surface area (Å²) in [5.74, 6) is -0.399. The van der Waals surface area contributed by atoms with Crippen molar-refractivity contribution in [2.24, 2.45) is 4.99 Å². The maximum absolute atomic E-state index is 14.5. The number of rotatable bonds is 9. The predicted octanol–water partition coefficient (Wildman–Crippen LogP) is 7.79. The number of aromatic nitrogens is 2. The van der Waals surface area contributed by atoms with E-state index in [0.717, 1.165) is 12.1 Å². The van der Waals surface area contributed by atoms with Gasteiger partial charge in [0.05, 0.1) is 45.0 Å². The van der Waals surface area contributed by atoms with Crippen LogP contribution in [-0.2, 0) is 16.8 Å². The highest BCUT2D eigenvalue weighted by atomic mass is 35.5. The van der Waals surface area contributed by atoms with Crippen molar-refractivity contribution in [2.45, 2.75) is 12.2 Å². The molecular formula is C30H19Cl2F2N4O6PS. The first-order chi connectivity index (χ1) is 21.7. The maximum Gasteiger partial charge on any atom is 0.399 e. The Labute approximate surface area is 273 Å². The van der Waals surface area contributed by atoms with E-state index in [1.807, 2.05) is 0 Å². The second-order valence-corrected chi connectivity index (χ2v) is 13.0. The topological polar surface area (TPSA) is 158 Å². The summed E-state index contributed by atoms with van der Waals surface area (Å²) < 4.78 is 47.7. The van der Waals surface area contributed by atoms with E-state index in [2.05, 4.69) is 10.1 Å². The van der Waals surface area contributed by atoms with E-state index in [1.165, 1.54) is 34.2 Å². The zero-order valence-electron chi connectivity index (χ0n) is 23.0. The summed E-state index contributed by atoms with van der Waals surface area (Å²) in [6, 6.07) is 22.3. The number of ether oxygens (including phenoxy) is 1. The molecule has 0 atom stereocenters. The molecule has 0 aliphatic rings. The van der Waals surface area contributed by atoms with Gasteiger partial charge >= 0.3 is 19.2 Å². The lowest BCUT2D eigenvalue weighted by molar-refractivity contribution is 0.0561. The van der Waals surface area contributed by atoms with E-state index in [4.69, 9.17) is 37.7 Å². The van der Waals surface area contributed by atoms with Gasteiger partial charge in [-0.2, -0.15) is 19.1 Å². The largest absolute Gasteiger partial charge is 0.478 e. The Kier molecular flexibility index (Phi) is 9.42. The van der Waals surface area contributed by atoms with Crippen LogP contribution in [0.5, 0.6) is 11.5 Å². The van der Waals surface area contributed by atoms with Gasteiger partial charge in [0.1, 0.15) is 16.5 Å². The molecule has 1 aromatic heterocycles. The average Bonchev–Trinajstić information content (AvgIpc) is 3.40. The molecule has 0 aliphatic carbocycles. The van der Waals surface area contributed by atoms with Gasteiger partial charge in [0.15, 0.2) is 0 Å². The lowest BCUT2D eigenvalue weighted by atomic mass is 10.0. The average molecular weight is 703 g/mol. The third-order valence-corrected chi connectivity index (χ3v) is 9.08. The smallest absolute Gasteiger partial charge is 0.399 e. The Hall–Kier alpha value is -4.41. The first kappa shape index (κ1) is 33.0. The fraction of sp³-hybridized carbons (Fsp3) is 0.0667. The number of carbonyl (C=O) groups is 1. The summed E-state index contributed by atoms with van der Waals surface area (Å²) in [6.07, 6.45) is 0. The first-order valence-electron chi connectivity index (χ1n) is 12.9. The SMILES string of the molecule is N#Cc1cc(Cn2nc(-c3cccc(Oc4cccc(C(=O)O)c4)c3)s/c2=N/c2ccc(Cl)c(Cl)c2)ccc1C(F)(F)P(=O)(O)O. The molecule has 0 saturated carbocycles. The molecule has 4 aromatic carbocycles.